The zero-order valence-corrected chi connectivity index (χ0v) is 15.8. The predicted molar refractivity (Wildman–Crippen MR) is 97.4 cm³/mol. The molecule has 3 aromatic rings. The molecule has 0 spiro atoms. The number of rotatable bonds is 6. The maximum absolute atomic E-state index is 14.7. The second kappa shape index (κ2) is 7.97. The van der Waals surface area contributed by atoms with Crippen molar-refractivity contribution in [1.29, 1.82) is 0 Å². The molecule has 2 heterocycles. The summed E-state index contributed by atoms with van der Waals surface area (Å²) < 4.78 is 35.9. The minimum Gasteiger partial charge on any atom is -0.403 e. The molecule has 2 aromatic heterocycles. The van der Waals surface area contributed by atoms with Gasteiger partial charge in [0.15, 0.2) is 5.82 Å². The van der Waals surface area contributed by atoms with Crippen LogP contribution in [0.4, 0.5) is 14.8 Å². The van der Waals surface area contributed by atoms with Crippen molar-refractivity contribution in [2.45, 2.75) is 6.42 Å². The van der Waals surface area contributed by atoms with Gasteiger partial charge in [0.2, 0.25) is 0 Å². The van der Waals surface area contributed by atoms with Gasteiger partial charge in [0.1, 0.15) is 5.82 Å². The van der Waals surface area contributed by atoms with Crippen LogP contribution in [0.15, 0.2) is 38.1 Å². The Labute approximate surface area is 160 Å². The van der Waals surface area contributed by atoms with Crippen LogP contribution in [0.5, 0.6) is 0 Å². The minimum atomic E-state index is -1.01. The van der Waals surface area contributed by atoms with Crippen LogP contribution in [0.25, 0.3) is 11.5 Å². The highest BCUT2D eigenvalue weighted by Gasteiger charge is 2.21. The second-order valence-electron chi connectivity index (χ2n) is 5.73. The molecule has 0 atom stereocenters. The minimum absolute atomic E-state index is 0.0301. The van der Waals surface area contributed by atoms with E-state index in [0.717, 1.165) is 4.57 Å². The quantitative estimate of drug-likeness (QED) is 0.611. The van der Waals surface area contributed by atoms with Crippen LogP contribution in [-0.4, -0.2) is 33.0 Å². The van der Waals surface area contributed by atoms with Gasteiger partial charge in [-0.15, -0.1) is 5.10 Å². The van der Waals surface area contributed by atoms with E-state index < -0.39 is 17.2 Å². The number of aliphatic hydroxyl groups excluding tert-OH is 1. The summed E-state index contributed by atoms with van der Waals surface area (Å²) in [6, 6.07) is 4.43. The van der Waals surface area contributed by atoms with Crippen LogP contribution < -0.4 is 10.9 Å². The summed E-state index contributed by atoms with van der Waals surface area (Å²) in [7, 11) is 1.39. The van der Waals surface area contributed by atoms with Gasteiger partial charge >= 0.3 is 6.01 Å². The molecule has 0 aliphatic rings. The zero-order valence-electron chi connectivity index (χ0n) is 14.2. The van der Waals surface area contributed by atoms with Crippen LogP contribution in [0.2, 0.25) is 0 Å². The first-order valence-corrected chi connectivity index (χ1v) is 8.70. The van der Waals surface area contributed by atoms with E-state index >= 15 is 0 Å². The van der Waals surface area contributed by atoms with E-state index in [0.29, 0.717) is 4.47 Å². The van der Waals surface area contributed by atoms with Crippen molar-refractivity contribution in [3.8, 4) is 11.5 Å². The predicted octanol–water partition coefficient (Wildman–Crippen LogP) is 2.47. The van der Waals surface area contributed by atoms with Crippen LogP contribution in [0, 0.1) is 11.6 Å². The molecule has 0 amide bonds. The lowest BCUT2D eigenvalue weighted by molar-refractivity contribution is 0.309. The van der Waals surface area contributed by atoms with E-state index in [1.54, 1.807) is 6.07 Å². The molecule has 0 bridgehead atoms. The Hall–Kier alpha value is -2.59. The Morgan fingerprint density at radius 1 is 1.33 bits per heavy atom. The first-order chi connectivity index (χ1) is 12.9. The summed E-state index contributed by atoms with van der Waals surface area (Å²) in [6.07, 6.45) is 1.19. The molecule has 7 nitrogen and oxygen atoms in total. The summed E-state index contributed by atoms with van der Waals surface area (Å²) in [5.41, 5.74) is -0.493. The summed E-state index contributed by atoms with van der Waals surface area (Å²) in [6.45, 7) is 0.0561. The van der Waals surface area contributed by atoms with E-state index in [1.807, 2.05) is 0 Å². The Morgan fingerprint density at radius 2 is 2.11 bits per heavy atom. The molecule has 27 heavy (non-hydrogen) atoms. The molecule has 10 heteroatoms. The second-order valence-corrected chi connectivity index (χ2v) is 6.64. The molecule has 0 saturated heterocycles. The van der Waals surface area contributed by atoms with E-state index in [2.05, 4.69) is 31.4 Å². The molecule has 3 rings (SSSR count). The molecule has 1 aromatic carbocycles. The van der Waals surface area contributed by atoms with Crippen molar-refractivity contribution in [2.24, 2.45) is 7.05 Å². The summed E-state index contributed by atoms with van der Waals surface area (Å²) in [5.74, 6) is -1.58. The van der Waals surface area contributed by atoms with Gasteiger partial charge in [0.25, 0.3) is 11.4 Å². The van der Waals surface area contributed by atoms with Gasteiger partial charge in [-0.3, -0.25) is 4.79 Å². The van der Waals surface area contributed by atoms with Gasteiger partial charge in [0.05, 0.1) is 12.2 Å². The number of anilines is 1. The Kier molecular flexibility index (Phi) is 5.66. The van der Waals surface area contributed by atoms with Crippen LogP contribution in [0.1, 0.15) is 11.1 Å². The van der Waals surface area contributed by atoms with Gasteiger partial charge < -0.3 is 19.4 Å². The largest absolute Gasteiger partial charge is 0.403 e. The highest BCUT2D eigenvalue weighted by molar-refractivity contribution is 9.10. The van der Waals surface area contributed by atoms with Crippen molar-refractivity contribution in [3.63, 3.8) is 0 Å². The fourth-order valence-corrected chi connectivity index (χ4v) is 2.84. The standard InChI is InChI=1S/C17H15BrF2N4O3/c1-24-8-12(15-22-23-17(27-15)21-4-5-25)11(14(20)16(24)26)6-9-2-3-10(18)7-13(9)19/h2-3,7-8,25H,4-6H2,1H3,(H,21,23). The van der Waals surface area contributed by atoms with E-state index in [1.165, 1.54) is 25.4 Å². The number of aliphatic hydroxyl groups is 1. The lowest BCUT2D eigenvalue weighted by atomic mass is 10.0. The van der Waals surface area contributed by atoms with Gasteiger partial charge in [-0.1, -0.05) is 27.1 Å². The average molecular weight is 441 g/mol. The average Bonchev–Trinajstić information content (AvgIpc) is 3.10. The normalized spacial score (nSPS) is 11.0. The number of hydrogen-bond donors (Lipinski definition) is 2. The number of nitrogens with zero attached hydrogens (tertiary/aromatic N) is 3. The van der Waals surface area contributed by atoms with E-state index in [-0.39, 0.29) is 48.2 Å². The zero-order chi connectivity index (χ0) is 19.6. The number of aromatic nitrogens is 3. The maximum Gasteiger partial charge on any atom is 0.315 e. The first-order valence-electron chi connectivity index (χ1n) is 7.91. The van der Waals surface area contributed by atoms with E-state index in [4.69, 9.17) is 9.52 Å². The maximum atomic E-state index is 14.7. The fraction of sp³-hybridized carbons (Fsp3) is 0.235. The number of hydrogen-bond acceptors (Lipinski definition) is 6. The third-order valence-corrected chi connectivity index (χ3v) is 4.34. The molecule has 142 valence electrons. The molecule has 0 aliphatic heterocycles. The number of pyridine rings is 1. The van der Waals surface area contributed by atoms with Gasteiger partial charge in [0, 0.05) is 36.2 Å². The van der Waals surface area contributed by atoms with Gasteiger partial charge in [-0.05, 0) is 17.7 Å². The highest BCUT2D eigenvalue weighted by Crippen LogP contribution is 2.28. The molecule has 0 unspecified atom stereocenters. The number of halogens is 3. The summed E-state index contributed by atoms with van der Waals surface area (Å²) in [4.78, 5) is 12.0. The van der Waals surface area contributed by atoms with Gasteiger partial charge in [-0.25, -0.2) is 8.78 Å². The lowest BCUT2D eigenvalue weighted by Gasteiger charge is -2.11. The Balaban J connectivity index is 2.08. The number of aryl methyl sites for hydroxylation is 1. The third kappa shape index (κ3) is 4.06. The van der Waals surface area contributed by atoms with E-state index in [9.17, 15) is 13.6 Å². The molecule has 0 aliphatic carbocycles. The molecular formula is C17H15BrF2N4O3. The Bertz CT molecular complexity index is 1040. The van der Waals surface area contributed by atoms with Crippen molar-refractivity contribution in [3.05, 3.63) is 62.0 Å². The van der Waals surface area contributed by atoms with Crippen molar-refractivity contribution in [2.75, 3.05) is 18.5 Å². The molecule has 0 radical (unpaired) electrons. The smallest absolute Gasteiger partial charge is 0.315 e. The molecule has 0 fully saturated rings. The van der Waals surface area contributed by atoms with Crippen LogP contribution >= 0.6 is 15.9 Å². The molecule has 2 N–H and O–H groups in total. The van der Waals surface area contributed by atoms with Crippen molar-refractivity contribution < 1.29 is 18.3 Å². The van der Waals surface area contributed by atoms with Crippen molar-refractivity contribution >= 4 is 21.9 Å². The fourth-order valence-electron chi connectivity index (χ4n) is 2.51. The third-order valence-electron chi connectivity index (χ3n) is 3.85. The first kappa shape index (κ1) is 19.2. The van der Waals surface area contributed by atoms with Crippen molar-refractivity contribution in [1.82, 2.24) is 14.8 Å². The molecular weight excluding hydrogens is 426 g/mol. The number of benzene rings is 1. The summed E-state index contributed by atoms with van der Waals surface area (Å²) >= 11 is 3.17. The van der Waals surface area contributed by atoms with Gasteiger partial charge in [-0.2, -0.15) is 0 Å². The number of nitrogens with one attached hydrogen (secondary N) is 1. The lowest BCUT2D eigenvalue weighted by Crippen LogP contribution is -2.22. The topological polar surface area (TPSA) is 93.2 Å². The van der Waals surface area contributed by atoms with Crippen LogP contribution in [-0.2, 0) is 13.5 Å². The monoisotopic (exact) mass is 440 g/mol. The summed E-state index contributed by atoms with van der Waals surface area (Å²) in [5, 5.41) is 19.1. The molecule has 0 saturated carbocycles. The van der Waals surface area contributed by atoms with Crippen LogP contribution in [0.3, 0.4) is 0 Å². The SMILES string of the molecule is Cn1cc(-c2nnc(NCCO)o2)c(Cc2ccc(Br)cc2F)c(F)c1=O. The Morgan fingerprint density at radius 3 is 2.81 bits per heavy atom. The highest BCUT2D eigenvalue weighted by atomic mass is 79.9.